The van der Waals surface area contributed by atoms with Gasteiger partial charge in [0.1, 0.15) is 12.4 Å². The number of hydrogen-bond donors (Lipinski definition) is 1. The molecule has 172 valence electrons. The summed E-state index contributed by atoms with van der Waals surface area (Å²) in [5.41, 5.74) is 4.51. The van der Waals surface area contributed by atoms with Gasteiger partial charge in [-0.2, -0.15) is 9.61 Å². The third-order valence-corrected chi connectivity index (χ3v) is 5.55. The van der Waals surface area contributed by atoms with Crippen molar-refractivity contribution in [3.8, 4) is 17.2 Å². The SMILES string of the molecule is CCc1cc(N(CC(=O)OC)Cc2ccc(-n3cccc3-c3nnn[nH]3)cc2)n2nccc2n1. The molecule has 1 N–H and O–H groups in total. The maximum absolute atomic E-state index is 12.2. The summed E-state index contributed by atoms with van der Waals surface area (Å²) in [6.07, 6.45) is 4.43. The number of nitrogens with zero attached hydrogens (tertiary/aromatic N) is 8. The van der Waals surface area contributed by atoms with Gasteiger partial charge in [-0.25, -0.2) is 10.1 Å². The molecule has 0 aliphatic carbocycles. The van der Waals surface area contributed by atoms with Gasteiger partial charge in [-0.15, -0.1) is 5.10 Å². The van der Waals surface area contributed by atoms with Crippen LogP contribution < -0.4 is 4.90 Å². The fraction of sp³-hybridized carbons (Fsp3) is 0.217. The number of aryl methyl sites for hydroxylation is 1. The highest BCUT2D eigenvalue weighted by molar-refractivity contribution is 5.75. The van der Waals surface area contributed by atoms with Crippen LogP contribution in [0.4, 0.5) is 5.82 Å². The number of aromatic amines is 1. The number of ether oxygens (including phenoxy) is 1. The van der Waals surface area contributed by atoms with Crippen LogP contribution in [0, 0.1) is 0 Å². The summed E-state index contributed by atoms with van der Waals surface area (Å²) in [7, 11) is 1.39. The molecule has 0 unspecified atom stereocenters. The molecule has 5 rings (SSSR count). The number of hydrogen-bond acceptors (Lipinski definition) is 8. The number of fused-ring (bicyclic) bond motifs is 1. The summed E-state index contributed by atoms with van der Waals surface area (Å²) in [6.45, 7) is 2.62. The van der Waals surface area contributed by atoms with Gasteiger partial charge in [-0.1, -0.05) is 19.1 Å². The zero-order chi connectivity index (χ0) is 23.5. The van der Waals surface area contributed by atoms with Gasteiger partial charge in [0.15, 0.2) is 11.5 Å². The van der Waals surface area contributed by atoms with Crippen LogP contribution in [0.5, 0.6) is 0 Å². The van der Waals surface area contributed by atoms with Gasteiger partial charge in [-0.3, -0.25) is 4.79 Å². The van der Waals surface area contributed by atoms with Crippen molar-refractivity contribution in [2.24, 2.45) is 0 Å². The lowest BCUT2D eigenvalue weighted by Crippen LogP contribution is -2.32. The molecule has 0 saturated heterocycles. The number of nitrogens with one attached hydrogen (secondary N) is 1. The van der Waals surface area contributed by atoms with Crippen LogP contribution in [0.15, 0.2) is 60.9 Å². The minimum atomic E-state index is -0.329. The van der Waals surface area contributed by atoms with E-state index in [1.54, 1.807) is 10.7 Å². The van der Waals surface area contributed by atoms with Crippen LogP contribution in [-0.2, 0) is 22.5 Å². The lowest BCUT2D eigenvalue weighted by molar-refractivity contribution is -0.139. The lowest BCUT2D eigenvalue weighted by atomic mass is 10.2. The van der Waals surface area contributed by atoms with Crippen molar-refractivity contribution in [3.63, 3.8) is 0 Å². The second-order valence-electron chi connectivity index (χ2n) is 7.67. The second-order valence-corrected chi connectivity index (χ2v) is 7.67. The molecule has 0 atom stereocenters. The van der Waals surface area contributed by atoms with E-state index in [0.717, 1.165) is 40.5 Å². The predicted molar refractivity (Wildman–Crippen MR) is 124 cm³/mol. The molecular weight excluding hydrogens is 434 g/mol. The van der Waals surface area contributed by atoms with Crippen molar-refractivity contribution in [1.82, 2.24) is 39.8 Å². The van der Waals surface area contributed by atoms with Crippen LogP contribution in [0.25, 0.3) is 22.9 Å². The summed E-state index contributed by atoms with van der Waals surface area (Å²) in [5.74, 6) is 1.04. The number of benzene rings is 1. The molecule has 34 heavy (non-hydrogen) atoms. The van der Waals surface area contributed by atoms with Crippen LogP contribution in [-0.4, -0.2) is 59.4 Å². The number of esters is 1. The largest absolute Gasteiger partial charge is 0.468 e. The van der Waals surface area contributed by atoms with Crippen molar-refractivity contribution in [2.45, 2.75) is 19.9 Å². The smallest absolute Gasteiger partial charge is 0.325 e. The van der Waals surface area contributed by atoms with E-state index in [9.17, 15) is 4.79 Å². The van der Waals surface area contributed by atoms with E-state index in [0.29, 0.717) is 12.4 Å². The minimum Gasteiger partial charge on any atom is -0.468 e. The molecule has 0 saturated carbocycles. The van der Waals surface area contributed by atoms with Crippen LogP contribution in [0.3, 0.4) is 0 Å². The first kappa shape index (κ1) is 21.3. The van der Waals surface area contributed by atoms with Crippen LogP contribution >= 0.6 is 0 Å². The van der Waals surface area contributed by atoms with E-state index in [2.05, 4.69) is 30.7 Å². The average molecular weight is 457 g/mol. The summed E-state index contributed by atoms with van der Waals surface area (Å²) < 4.78 is 8.70. The van der Waals surface area contributed by atoms with Crippen LogP contribution in [0.1, 0.15) is 18.2 Å². The molecule has 0 amide bonds. The van der Waals surface area contributed by atoms with E-state index < -0.39 is 0 Å². The first-order valence-corrected chi connectivity index (χ1v) is 10.8. The van der Waals surface area contributed by atoms with E-state index in [-0.39, 0.29) is 12.5 Å². The Labute approximate surface area is 195 Å². The molecular formula is C23H23N9O2. The Morgan fingerprint density at radius 1 is 1.18 bits per heavy atom. The van der Waals surface area contributed by atoms with Crippen molar-refractivity contribution >= 4 is 17.4 Å². The quantitative estimate of drug-likeness (QED) is 0.353. The molecule has 4 aromatic heterocycles. The van der Waals surface area contributed by atoms with Gasteiger partial charge in [0.2, 0.25) is 0 Å². The fourth-order valence-corrected chi connectivity index (χ4v) is 3.84. The highest BCUT2D eigenvalue weighted by atomic mass is 16.5. The highest BCUT2D eigenvalue weighted by Crippen LogP contribution is 2.23. The summed E-state index contributed by atoms with van der Waals surface area (Å²) >= 11 is 0. The Hall–Kier alpha value is -4.54. The van der Waals surface area contributed by atoms with Crippen molar-refractivity contribution in [3.05, 3.63) is 72.2 Å². The Balaban J connectivity index is 1.46. The summed E-state index contributed by atoms with van der Waals surface area (Å²) in [6, 6.07) is 15.8. The summed E-state index contributed by atoms with van der Waals surface area (Å²) in [4.78, 5) is 18.8. The van der Waals surface area contributed by atoms with Gasteiger partial charge < -0.3 is 14.2 Å². The topological polar surface area (TPSA) is 119 Å². The molecule has 0 spiro atoms. The molecule has 1 aromatic carbocycles. The first-order valence-electron chi connectivity index (χ1n) is 10.8. The Kier molecular flexibility index (Phi) is 5.73. The van der Waals surface area contributed by atoms with Gasteiger partial charge in [0, 0.05) is 36.3 Å². The maximum atomic E-state index is 12.2. The van der Waals surface area contributed by atoms with Gasteiger partial charge >= 0.3 is 5.97 Å². The van der Waals surface area contributed by atoms with Crippen LogP contribution in [0.2, 0.25) is 0 Å². The molecule has 0 aliphatic heterocycles. The fourth-order valence-electron chi connectivity index (χ4n) is 3.84. The average Bonchev–Trinajstić information content (AvgIpc) is 3.64. The number of tetrazole rings is 1. The number of anilines is 1. The van der Waals surface area contributed by atoms with Crippen molar-refractivity contribution in [2.75, 3.05) is 18.6 Å². The predicted octanol–water partition coefficient (Wildman–Crippen LogP) is 2.44. The summed E-state index contributed by atoms with van der Waals surface area (Å²) in [5, 5.41) is 18.5. The van der Waals surface area contributed by atoms with E-state index in [1.807, 2.05) is 71.1 Å². The first-order chi connectivity index (χ1) is 16.7. The van der Waals surface area contributed by atoms with E-state index in [4.69, 9.17) is 4.74 Å². The third kappa shape index (κ3) is 4.10. The van der Waals surface area contributed by atoms with E-state index >= 15 is 0 Å². The number of methoxy groups -OCH3 is 1. The normalized spacial score (nSPS) is 11.1. The van der Waals surface area contributed by atoms with Crippen molar-refractivity contribution in [1.29, 1.82) is 0 Å². The van der Waals surface area contributed by atoms with Gasteiger partial charge in [0.05, 0.1) is 19.0 Å². The van der Waals surface area contributed by atoms with Crippen molar-refractivity contribution < 1.29 is 9.53 Å². The lowest BCUT2D eigenvalue weighted by Gasteiger charge is -2.24. The highest BCUT2D eigenvalue weighted by Gasteiger charge is 2.18. The zero-order valence-electron chi connectivity index (χ0n) is 18.8. The number of carbonyl (C=O) groups is 1. The number of aromatic nitrogens is 8. The Bertz CT molecular complexity index is 1400. The Morgan fingerprint density at radius 2 is 2.03 bits per heavy atom. The Morgan fingerprint density at radius 3 is 2.76 bits per heavy atom. The van der Waals surface area contributed by atoms with Gasteiger partial charge in [-0.05, 0) is 46.7 Å². The molecule has 11 heteroatoms. The monoisotopic (exact) mass is 457 g/mol. The third-order valence-electron chi connectivity index (χ3n) is 5.55. The zero-order valence-corrected chi connectivity index (χ0v) is 18.8. The molecule has 0 bridgehead atoms. The molecule has 0 aliphatic rings. The van der Waals surface area contributed by atoms with Gasteiger partial charge in [0.25, 0.3) is 0 Å². The molecule has 0 fully saturated rings. The van der Waals surface area contributed by atoms with E-state index in [1.165, 1.54) is 7.11 Å². The second kappa shape index (κ2) is 9.14. The number of rotatable bonds is 8. The number of carbonyl (C=O) groups excluding carboxylic acids is 1. The number of H-pyrrole nitrogens is 1. The molecule has 0 radical (unpaired) electrons. The molecule has 4 heterocycles. The minimum absolute atomic E-state index is 0.0839. The standard InChI is InChI=1S/C23H23N9O2/c1-3-17-13-21(32-20(25-17)10-11-24-32)30(15-22(33)34-2)14-16-6-8-18(9-7-16)31-12-4-5-19(31)23-26-28-29-27-23/h4-13H,3,14-15H2,1-2H3,(H,26,27,28,29). The molecule has 5 aromatic rings. The maximum Gasteiger partial charge on any atom is 0.325 e. The molecule has 11 nitrogen and oxygen atoms in total.